The Kier molecular flexibility index (Phi) is 12.9. The predicted octanol–water partition coefficient (Wildman–Crippen LogP) is 7.43. The van der Waals surface area contributed by atoms with E-state index in [1.807, 2.05) is 0 Å². The average Bonchev–Trinajstić information content (AvgIpc) is 2.93. The van der Waals surface area contributed by atoms with Crippen molar-refractivity contribution in [1.29, 1.82) is 0 Å². The molecule has 0 nitrogen and oxygen atoms in total. The Balaban J connectivity index is 0.000000284. The van der Waals surface area contributed by atoms with Gasteiger partial charge in [-0.3, -0.25) is 0 Å². The quantitative estimate of drug-likeness (QED) is 0.335. The first-order chi connectivity index (χ1) is 7.61. The zero-order valence-corrected chi connectivity index (χ0v) is 15.5. The third-order valence-corrected chi connectivity index (χ3v) is 8.65. The van der Waals surface area contributed by atoms with E-state index >= 15 is 0 Å². The molecule has 0 atom stereocenters. The molecule has 0 spiro atoms. The van der Waals surface area contributed by atoms with Gasteiger partial charge in [-0.25, -0.2) is 0 Å². The van der Waals surface area contributed by atoms with Crippen LogP contribution in [0.1, 0.15) is 51.4 Å². The molecule has 2 rings (SSSR count). The van der Waals surface area contributed by atoms with Gasteiger partial charge in [-0.2, -0.15) is 0 Å². The molecular formula is C10H18Cl4FeP2. The largest absolute Gasteiger partial charge is 0.0886 e. The first-order valence-electron chi connectivity index (χ1n) is 5.83. The van der Waals surface area contributed by atoms with E-state index in [1.165, 1.54) is 51.4 Å². The average molecular weight is 398 g/mol. The van der Waals surface area contributed by atoms with Crippen LogP contribution in [0.2, 0.25) is 0 Å². The van der Waals surface area contributed by atoms with E-state index in [0.29, 0.717) is 11.3 Å². The van der Waals surface area contributed by atoms with Crippen molar-refractivity contribution in [3.8, 4) is 0 Å². The monoisotopic (exact) mass is 396 g/mol. The second kappa shape index (κ2) is 11.2. The van der Waals surface area contributed by atoms with Gasteiger partial charge in [0.05, 0.1) is 13.3 Å². The molecule has 0 radical (unpaired) electrons. The summed E-state index contributed by atoms with van der Waals surface area (Å²) < 4.78 is 0. The molecule has 2 saturated carbocycles. The Morgan fingerprint density at radius 2 is 0.824 bits per heavy atom. The Morgan fingerprint density at radius 3 is 0.941 bits per heavy atom. The molecule has 2 aliphatic rings. The molecule has 0 aromatic rings. The first kappa shape index (κ1) is 19.5. The van der Waals surface area contributed by atoms with Crippen LogP contribution in [0.4, 0.5) is 0 Å². The van der Waals surface area contributed by atoms with Gasteiger partial charge in [0.15, 0.2) is 0 Å². The standard InChI is InChI=1S/2C5H9Cl2P.Fe/c2*6-8(7)5-3-1-2-4-5;/h2*5H,1-4H2;. The summed E-state index contributed by atoms with van der Waals surface area (Å²) in [5, 5.41) is 0. The summed E-state index contributed by atoms with van der Waals surface area (Å²) in [6.07, 6.45) is 10.4. The fourth-order valence-corrected chi connectivity index (χ4v) is 6.05. The van der Waals surface area contributed by atoms with E-state index < -0.39 is 13.3 Å². The molecule has 2 aliphatic carbocycles. The molecular weight excluding hydrogens is 380 g/mol. The molecule has 0 amide bonds. The van der Waals surface area contributed by atoms with Crippen molar-refractivity contribution in [2.45, 2.75) is 62.7 Å². The Hall–Kier alpha value is 2.54. The SMILES string of the molecule is ClP(Cl)C1CCCC1.ClP(Cl)C1CCCC1.[Fe]. The van der Waals surface area contributed by atoms with Crippen molar-refractivity contribution in [2.24, 2.45) is 0 Å². The first-order valence-corrected chi connectivity index (χ1v) is 12.3. The van der Waals surface area contributed by atoms with Crippen molar-refractivity contribution in [1.82, 2.24) is 0 Å². The van der Waals surface area contributed by atoms with E-state index in [9.17, 15) is 0 Å². The molecule has 0 unspecified atom stereocenters. The van der Waals surface area contributed by atoms with Crippen molar-refractivity contribution in [3.05, 3.63) is 0 Å². The van der Waals surface area contributed by atoms with Gasteiger partial charge < -0.3 is 0 Å². The summed E-state index contributed by atoms with van der Waals surface area (Å²) in [6, 6.07) is 0. The Morgan fingerprint density at radius 1 is 0.588 bits per heavy atom. The Labute approximate surface area is 137 Å². The van der Waals surface area contributed by atoms with Gasteiger partial charge in [0, 0.05) is 28.4 Å². The zero-order chi connectivity index (χ0) is 12.0. The predicted molar refractivity (Wildman–Crippen MR) is 81.8 cm³/mol. The fourth-order valence-electron chi connectivity index (χ4n) is 2.20. The normalized spacial score (nSPS) is 21.5. The molecule has 2 fully saturated rings. The molecule has 0 aliphatic heterocycles. The van der Waals surface area contributed by atoms with Crippen molar-refractivity contribution < 1.29 is 17.1 Å². The third kappa shape index (κ3) is 8.42. The number of halogens is 4. The smallest absolute Gasteiger partial charge is 0.0778 e. The summed E-state index contributed by atoms with van der Waals surface area (Å²) >= 11 is 22.9. The van der Waals surface area contributed by atoms with Crippen LogP contribution in [0.25, 0.3) is 0 Å². The van der Waals surface area contributed by atoms with Gasteiger partial charge in [0.2, 0.25) is 0 Å². The van der Waals surface area contributed by atoms with E-state index in [2.05, 4.69) is 0 Å². The van der Waals surface area contributed by atoms with Crippen LogP contribution in [0.3, 0.4) is 0 Å². The van der Waals surface area contributed by atoms with E-state index in [-0.39, 0.29) is 17.1 Å². The maximum absolute atomic E-state index is 5.71. The maximum Gasteiger partial charge on any atom is 0.0886 e. The second-order valence-corrected chi connectivity index (χ2v) is 12.3. The van der Waals surface area contributed by atoms with Gasteiger partial charge in [-0.15, -0.1) is 0 Å². The summed E-state index contributed by atoms with van der Waals surface area (Å²) in [4.78, 5) is 0. The number of hydrogen-bond donors (Lipinski definition) is 0. The number of hydrogen-bond acceptors (Lipinski definition) is 0. The summed E-state index contributed by atoms with van der Waals surface area (Å²) in [5.41, 5.74) is 1.32. The van der Waals surface area contributed by atoms with Crippen LogP contribution in [0, 0.1) is 0 Å². The third-order valence-electron chi connectivity index (χ3n) is 3.20. The van der Waals surface area contributed by atoms with Crippen molar-refractivity contribution >= 4 is 58.2 Å². The van der Waals surface area contributed by atoms with Crippen LogP contribution >= 0.6 is 58.2 Å². The maximum atomic E-state index is 5.71. The van der Waals surface area contributed by atoms with Gasteiger partial charge in [0.25, 0.3) is 0 Å². The van der Waals surface area contributed by atoms with Crippen LogP contribution in [0.15, 0.2) is 0 Å². The van der Waals surface area contributed by atoms with Crippen LogP contribution < -0.4 is 0 Å². The molecule has 0 saturated heterocycles. The summed E-state index contributed by atoms with van der Waals surface area (Å²) in [7, 11) is 0. The second-order valence-electron chi connectivity index (χ2n) is 4.39. The van der Waals surface area contributed by atoms with Gasteiger partial charge in [-0.05, 0) is 25.7 Å². The minimum Gasteiger partial charge on any atom is -0.0778 e. The molecule has 0 aromatic heterocycles. The fraction of sp³-hybridized carbons (Fsp3) is 1.00. The molecule has 7 heteroatoms. The minimum atomic E-state index is -0.657. The van der Waals surface area contributed by atoms with Gasteiger partial charge in [0.1, 0.15) is 0 Å². The zero-order valence-electron chi connectivity index (χ0n) is 9.57. The molecule has 0 aromatic carbocycles. The van der Waals surface area contributed by atoms with Crippen LogP contribution in [-0.2, 0) is 17.1 Å². The van der Waals surface area contributed by atoms with Crippen molar-refractivity contribution in [2.75, 3.05) is 0 Å². The molecule has 104 valence electrons. The van der Waals surface area contributed by atoms with E-state index in [1.54, 1.807) is 0 Å². The van der Waals surface area contributed by atoms with Gasteiger partial charge in [-0.1, -0.05) is 70.6 Å². The van der Waals surface area contributed by atoms with Gasteiger partial charge >= 0.3 is 0 Å². The molecule has 0 bridgehead atoms. The summed E-state index contributed by atoms with van der Waals surface area (Å²) in [5.74, 6) is 0. The number of rotatable bonds is 2. The van der Waals surface area contributed by atoms with E-state index in [0.717, 1.165) is 0 Å². The molecule has 17 heavy (non-hydrogen) atoms. The van der Waals surface area contributed by atoms with E-state index in [4.69, 9.17) is 45.0 Å². The molecule has 0 heterocycles. The minimum absolute atomic E-state index is 0. The van der Waals surface area contributed by atoms with Crippen LogP contribution in [-0.4, -0.2) is 11.3 Å². The van der Waals surface area contributed by atoms with Crippen molar-refractivity contribution in [3.63, 3.8) is 0 Å². The summed E-state index contributed by atoms with van der Waals surface area (Å²) in [6.45, 7) is -1.31. The molecule has 0 N–H and O–H groups in total. The Bertz CT molecular complexity index is 163. The topological polar surface area (TPSA) is 0 Å². The van der Waals surface area contributed by atoms with Crippen LogP contribution in [0.5, 0.6) is 0 Å².